The number of rotatable bonds is 3. The Kier molecular flexibility index (Phi) is 3.51. The average molecular weight is 294 g/mol. The largest absolute Gasteiger partial charge is 0.522 e. The summed E-state index contributed by atoms with van der Waals surface area (Å²) in [4.78, 5) is 24.2. The van der Waals surface area contributed by atoms with E-state index in [1.165, 1.54) is 18.2 Å². The lowest BCUT2D eigenvalue weighted by Gasteiger charge is -2.17. The second-order valence-electron chi connectivity index (χ2n) is 3.71. The zero-order valence-corrected chi connectivity index (χ0v) is 10.1. The van der Waals surface area contributed by atoms with E-state index in [2.05, 4.69) is 4.74 Å². The Labute approximate surface area is 110 Å². The number of halogens is 4. The molecule has 102 valence electrons. The maximum absolute atomic E-state index is 11.8. The van der Waals surface area contributed by atoms with Crippen LogP contribution in [0.15, 0.2) is 18.2 Å². The Balaban J connectivity index is 2.18. The summed E-state index contributed by atoms with van der Waals surface area (Å²) >= 11 is 5.79. The number of hydrogen-bond acceptors (Lipinski definition) is 3. The van der Waals surface area contributed by atoms with Gasteiger partial charge in [-0.1, -0.05) is 17.7 Å². The molecule has 0 unspecified atom stereocenters. The van der Waals surface area contributed by atoms with Crippen LogP contribution in [0, 0.1) is 0 Å². The highest BCUT2D eigenvalue weighted by atomic mass is 35.5. The third kappa shape index (κ3) is 2.71. The monoisotopic (exact) mass is 293 g/mol. The van der Waals surface area contributed by atoms with Crippen LogP contribution in [0.2, 0.25) is 5.02 Å². The van der Waals surface area contributed by atoms with Gasteiger partial charge < -0.3 is 4.90 Å². The van der Waals surface area contributed by atoms with Gasteiger partial charge in [0.1, 0.15) is 0 Å². The van der Waals surface area contributed by atoms with Crippen molar-refractivity contribution in [2.45, 2.75) is 6.36 Å². The van der Waals surface area contributed by atoms with E-state index in [0.717, 1.165) is 4.90 Å². The average Bonchev–Trinajstić information content (AvgIpc) is 2.54. The first kappa shape index (κ1) is 13.8. The van der Waals surface area contributed by atoms with Crippen LogP contribution in [-0.4, -0.2) is 31.2 Å². The summed E-state index contributed by atoms with van der Waals surface area (Å²) in [5.41, 5.74) is 0.217. The number of ketones is 1. The number of hydrogen-bond donors (Lipinski definition) is 0. The minimum atomic E-state index is -4.77. The molecule has 0 radical (unpaired) electrons. The van der Waals surface area contributed by atoms with Crippen LogP contribution in [-0.2, 0) is 9.53 Å². The number of nitrogens with zero attached hydrogens (tertiary/aromatic N) is 1. The lowest BCUT2D eigenvalue weighted by molar-refractivity contribution is -0.323. The lowest BCUT2D eigenvalue weighted by Crippen LogP contribution is -2.34. The number of Topliss-reactive ketones (excluding diaryl/α,β-unsaturated/α-hetero) is 1. The van der Waals surface area contributed by atoms with Gasteiger partial charge in [-0.15, -0.1) is 13.2 Å². The number of amides is 1. The minimum absolute atomic E-state index is 0.0150. The summed E-state index contributed by atoms with van der Waals surface area (Å²) in [5, 5.41) is 0.0927. The summed E-state index contributed by atoms with van der Waals surface area (Å²) in [7, 11) is 0. The first-order valence-electron chi connectivity index (χ1n) is 5.16. The predicted octanol–water partition coefficient (Wildman–Crippen LogP) is 2.41. The maximum atomic E-state index is 11.8. The zero-order chi connectivity index (χ0) is 14.2. The Morgan fingerprint density at radius 2 is 1.95 bits per heavy atom. The van der Waals surface area contributed by atoms with E-state index in [9.17, 15) is 22.8 Å². The summed E-state index contributed by atoms with van der Waals surface area (Å²) in [6.45, 7) is -1.13. The number of anilines is 1. The molecule has 2 rings (SSSR count). The summed E-state index contributed by atoms with van der Waals surface area (Å²) in [6.07, 6.45) is -4.77. The van der Waals surface area contributed by atoms with Crippen LogP contribution in [0.25, 0.3) is 0 Å². The molecule has 19 heavy (non-hydrogen) atoms. The van der Waals surface area contributed by atoms with Crippen LogP contribution >= 0.6 is 11.6 Å². The second kappa shape index (κ2) is 4.82. The van der Waals surface area contributed by atoms with Crippen LogP contribution in [0.1, 0.15) is 10.4 Å². The smallest absolute Gasteiger partial charge is 0.302 e. The fourth-order valence-electron chi connectivity index (χ4n) is 1.78. The van der Waals surface area contributed by atoms with Gasteiger partial charge in [0.05, 0.1) is 29.4 Å². The Hall–Kier alpha value is -1.60. The van der Waals surface area contributed by atoms with Crippen LogP contribution < -0.4 is 4.90 Å². The fraction of sp³-hybridized carbons (Fsp3) is 0.273. The molecule has 8 heteroatoms. The van der Waals surface area contributed by atoms with Crippen LogP contribution in [0.3, 0.4) is 0 Å². The van der Waals surface area contributed by atoms with Crippen molar-refractivity contribution in [3.05, 3.63) is 28.8 Å². The molecule has 0 saturated carbocycles. The van der Waals surface area contributed by atoms with Gasteiger partial charge in [-0.2, -0.15) is 0 Å². The molecular formula is C11H7ClF3NO3. The Morgan fingerprint density at radius 1 is 1.26 bits per heavy atom. The van der Waals surface area contributed by atoms with Gasteiger partial charge in [-0.05, 0) is 12.1 Å². The van der Waals surface area contributed by atoms with Gasteiger partial charge in [0.15, 0.2) is 0 Å². The molecule has 0 aromatic heterocycles. The van der Waals surface area contributed by atoms with Crippen molar-refractivity contribution in [1.29, 1.82) is 0 Å². The van der Waals surface area contributed by atoms with Gasteiger partial charge in [-0.25, -0.2) is 0 Å². The molecule has 0 bridgehead atoms. The molecule has 1 aromatic carbocycles. The van der Waals surface area contributed by atoms with E-state index in [0.29, 0.717) is 0 Å². The number of fused-ring (bicyclic) bond motifs is 1. The molecule has 0 saturated heterocycles. The van der Waals surface area contributed by atoms with Gasteiger partial charge in [0.25, 0.3) is 11.7 Å². The van der Waals surface area contributed by atoms with Crippen molar-refractivity contribution < 1.29 is 27.5 Å². The molecule has 0 aliphatic carbocycles. The van der Waals surface area contributed by atoms with Crippen LogP contribution in [0.4, 0.5) is 18.9 Å². The number of ether oxygens (including phenoxy) is 1. The summed E-state index contributed by atoms with van der Waals surface area (Å²) < 4.78 is 39.1. The molecule has 1 aromatic rings. The van der Waals surface area contributed by atoms with Crippen molar-refractivity contribution in [3.8, 4) is 0 Å². The lowest BCUT2D eigenvalue weighted by atomic mass is 10.1. The number of benzene rings is 1. The quantitative estimate of drug-likeness (QED) is 0.804. The number of alkyl halides is 3. The minimum Gasteiger partial charge on any atom is -0.302 e. The summed E-state index contributed by atoms with van der Waals surface area (Å²) in [6, 6.07) is 4.38. The third-order valence-electron chi connectivity index (χ3n) is 2.53. The highest BCUT2D eigenvalue weighted by molar-refractivity contribution is 6.55. The van der Waals surface area contributed by atoms with E-state index in [-0.39, 0.29) is 22.8 Å². The number of carbonyl (C=O) groups is 2. The molecule has 1 aliphatic heterocycles. The van der Waals surface area contributed by atoms with Crippen LogP contribution in [0.5, 0.6) is 0 Å². The molecule has 0 fully saturated rings. The second-order valence-corrected chi connectivity index (χ2v) is 4.12. The van der Waals surface area contributed by atoms with E-state index in [1.807, 2.05) is 0 Å². The van der Waals surface area contributed by atoms with E-state index in [4.69, 9.17) is 11.6 Å². The van der Waals surface area contributed by atoms with Gasteiger partial charge in [-0.3, -0.25) is 14.3 Å². The van der Waals surface area contributed by atoms with E-state index >= 15 is 0 Å². The summed E-state index contributed by atoms with van der Waals surface area (Å²) in [5.74, 6) is -1.73. The molecule has 1 heterocycles. The Morgan fingerprint density at radius 3 is 2.58 bits per heavy atom. The van der Waals surface area contributed by atoms with E-state index in [1.54, 1.807) is 0 Å². The fourth-order valence-corrected chi connectivity index (χ4v) is 2.03. The van der Waals surface area contributed by atoms with Crippen molar-refractivity contribution >= 4 is 29.0 Å². The molecular weight excluding hydrogens is 287 g/mol. The zero-order valence-electron chi connectivity index (χ0n) is 9.33. The van der Waals surface area contributed by atoms with Crippen molar-refractivity contribution in [2.24, 2.45) is 0 Å². The van der Waals surface area contributed by atoms with Crippen molar-refractivity contribution in [2.75, 3.05) is 18.1 Å². The van der Waals surface area contributed by atoms with Crippen molar-refractivity contribution in [3.63, 3.8) is 0 Å². The standard InChI is InChI=1S/C11H7ClF3NO3/c12-6-2-1-3-7-8(6)9(17)10(18)16(7)4-5-19-11(13,14)15/h1-3H,4-5H2. The highest BCUT2D eigenvalue weighted by Gasteiger charge is 2.38. The number of carbonyl (C=O) groups excluding carboxylic acids is 2. The molecule has 0 spiro atoms. The molecule has 0 atom stereocenters. The predicted molar refractivity (Wildman–Crippen MR) is 60.1 cm³/mol. The third-order valence-corrected chi connectivity index (χ3v) is 2.84. The van der Waals surface area contributed by atoms with Gasteiger partial charge >= 0.3 is 6.36 Å². The molecule has 4 nitrogen and oxygen atoms in total. The van der Waals surface area contributed by atoms with E-state index < -0.39 is 24.7 Å². The Bertz CT molecular complexity index is 544. The highest BCUT2D eigenvalue weighted by Crippen LogP contribution is 2.33. The SMILES string of the molecule is O=C1C(=O)N(CCOC(F)(F)F)c2cccc(Cl)c21. The van der Waals surface area contributed by atoms with Gasteiger partial charge in [0, 0.05) is 0 Å². The molecule has 1 aliphatic rings. The van der Waals surface area contributed by atoms with Gasteiger partial charge in [0.2, 0.25) is 0 Å². The molecule has 1 amide bonds. The maximum Gasteiger partial charge on any atom is 0.522 e. The first-order valence-corrected chi connectivity index (χ1v) is 5.54. The topological polar surface area (TPSA) is 46.6 Å². The normalized spacial score (nSPS) is 15.1. The first-order chi connectivity index (χ1) is 8.81. The molecule has 0 N–H and O–H groups in total. The van der Waals surface area contributed by atoms with Crippen molar-refractivity contribution in [1.82, 2.24) is 0 Å².